The van der Waals surface area contributed by atoms with Crippen molar-refractivity contribution in [1.82, 2.24) is 5.32 Å². The van der Waals surface area contributed by atoms with Crippen molar-refractivity contribution < 1.29 is 14.4 Å². The van der Waals surface area contributed by atoms with Crippen molar-refractivity contribution in [2.45, 2.75) is 64.8 Å². The minimum atomic E-state index is -0.752. The van der Waals surface area contributed by atoms with E-state index in [1.165, 1.54) is 0 Å². The normalized spacial score (nSPS) is 23.1. The zero-order valence-corrected chi connectivity index (χ0v) is 18.2. The Hall–Kier alpha value is -2.82. The molecule has 5 nitrogen and oxygen atoms in total. The zero-order valence-electron chi connectivity index (χ0n) is 18.2. The number of carbonyl (C=O) groups is 3. The summed E-state index contributed by atoms with van der Waals surface area (Å²) < 4.78 is 0. The largest absolute Gasteiger partial charge is 0.345 e. The highest BCUT2D eigenvalue weighted by Gasteiger charge is 2.49. The first-order valence-electron chi connectivity index (χ1n) is 10.5. The lowest BCUT2D eigenvalue weighted by atomic mass is 9.86. The van der Waals surface area contributed by atoms with E-state index in [1.54, 1.807) is 0 Å². The number of aryl methyl sites for hydroxylation is 3. The smallest absolute Gasteiger partial charge is 0.221 e. The van der Waals surface area contributed by atoms with Crippen LogP contribution in [0, 0.1) is 26.7 Å². The van der Waals surface area contributed by atoms with E-state index in [0.29, 0.717) is 0 Å². The van der Waals surface area contributed by atoms with E-state index >= 15 is 0 Å². The molecule has 0 bridgehead atoms. The average molecular weight is 407 g/mol. The first kappa shape index (κ1) is 21.9. The maximum atomic E-state index is 13.1. The van der Waals surface area contributed by atoms with Crippen LogP contribution in [0.1, 0.15) is 60.8 Å². The molecule has 1 aromatic rings. The van der Waals surface area contributed by atoms with Crippen LogP contribution in [0.3, 0.4) is 0 Å². The summed E-state index contributed by atoms with van der Waals surface area (Å²) in [7, 11) is 0. The molecule has 5 heteroatoms. The van der Waals surface area contributed by atoms with E-state index in [2.05, 4.69) is 17.0 Å². The highest BCUT2D eigenvalue weighted by Crippen LogP contribution is 2.43. The number of benzene rings is 1. The highest BCUT2D eigenvalue weighted by atomic mass is 16.2. The van der Waals surface area contributed by atoms with Gasteiger partial charge in [-0.15, -0.1) is 0 Å². The summed E-state index contributed by atoms with van der Waals surface area (Å²) in [6, 6.07) is 4.00. The Bertz CT molecular complexity index is 944. The lowest BCUT2D eigenvalue weighted by Crippen LogP contribution is -2.39. The number of nitrogens with zero attached hydrogens (tertiary/aromatic N) is 1. The number of amides is 1. The molecule has 1 N–H and O–H groups in total. The fourth-order valence-electron chi connectivity index (χ4n) is 4.64. The molecular formula is C25H30N2O3. The van der Waals surface area contributed by atoms with Gasteiger partial charge >= 0.3 is 0 Å². The van der Waals surface area contributed by atoms with Gasteiger partial charge < -0.3 is 5.32 Å². The van der Waals surface area contributed by atoms with Crippen LogP contribution >= 0.6 is 0 Å². The summed E-state index contributed by atoms with van der Waals surface area (Å²) in [6.45, 7) is 11.4. The predicted molar refractivity (Wildman–Crippen MR) is 119 cm³/mol. The summed E-state index contributed by atoms with van der Waals surface area (Å²) in [5, 5.41) is 3.04. The molecule has 30 heavy (non-hydrogen) atoms. The lowest BCUT2D eigenvalue weighted by Gasteiger charge is -2.19. The van der Waals surface area contributed by atoms with Crippen LogP contribution in [0.15, 0.2) is 41.1 Å². The number of nitrogens with one attached hydrogen (secondary N) is 1. The van der Waals surface area contributed by atoms with Crippen LogP contribution in [-0.2, 0) is 14.4 Å². The van der Waals surface area contributed by atoms with Gasteiger partial charge in [0.15, 0.2) is 5.78 Å². The Kier molecular flexibility index (Phi) is 6.20. The number of Topliss-reactive ketones (excluding diaryl/α,β-unsaturated/α-hetero) is 2. The topological polar surface area (TPSA) is 75.6 Å². The number of carbonyl (C=O) groups excluding carboxylic acids is 3. The van der Waals surface area contributed by atoms with Gasteiger partial charge in [-0.05, 0) is 70.0 Å². The van der Waals surface area contributed by atoms with Crippen LogP contribution < -0.4 is 5.32 Å². The Morgan fingerprint density at radius 1 is 1.23 bits per heavy atom. The van der Waals surface area contributed by atoms with Crippen molar-refractivity contribution in [3.63, 3.8) is 0 Å². The highest BCUT2D eigenvalue weighted by molar-refractivity contribution is 6.15. The quantitative estimate of drug-likeness (QED) is 0.422. The maximum Gasteiger partial charge on any atom is 0.221 e. The van der Waals surface area contributed by atoms with Crippen LogP contribution in [0.4, 0.5) is 0 Å². The summed E-state index contributed by atoms with van der Waals surface area (Å²) in [4.78, 5) is 42.7. The molecule has 1 aromatic carbocycles. The summed E-state index contributed by atoms with van der Waals surface area (Å²) in [6.07, 6.45) is 7.35. The number of hydrogen-bond acceptors (Lipinski definition) is 4. The van der Waals surface area contributed by atoms with Gasteiger partial charge in [-0.2, -0.15) is 0 Å². The minimum Gasteiger partial charge on any atom is -0.345 e. The predicted octanol–water partition coefficient (Wildman–Crippen LogP) is 4.05. The molecule has 0 radical (unpaired) electrons. The fourth-order valence-corrected chi connectivity index (χ4v) is 4.64. The molecule has 2 saturated carbocycles. The summed E-state index contributed by atoms with van der Waals surface area (Å²) in [5.41, 5.74) is 4.06. The van der Waals surface area contributed by atoms with Crippen LogP contribution in [0.5, 0.6) is 0 Å². The molecule has 2 unspecified atom stereocenters. The first-order chi connectivity index (χ1) is 14.2. The number of ketones is 2. The molecule has 2 aliphatic rings. The third-order valence-corrected chi connectivity index (χ3v) is 6.15. The van der Waals surface area contributed by atoms with E-state index in [4.69, 9.17) is 0 Å². The third kappa shape index (κ3) is 4.20. The second kappa shape index (κ2) is 8.50. The van der Waals surface area contributed by atoms with Gasteiger partial charge in [-0.1, -0.05) is 29.8 Å². The molecule has 0 aliphatic heterocycles. The second-order valence-electron chi connectivity index (χ2n) is 8.59. The lowest BCUT2D eigenvalue weighted by molar-refractivity contribution is -0.129. The standard InChI is InChI=1S/C25H30N2O3/c1-6-7-8-20(26-5)25(9-10-25)27-21(29)14-18-13-19(28)23(24(18)30)22-16(3)11-15(2)12-17(22)4/h6-8,11-12,18,23H,5,9-10,13-14H2,1-4H3,(H,27,29)/b7-6-,20-8-. The zero-order chi connectivity index (χ0) is 22.1. The van der Waals surface area contributed by atoms with Crippen LogP contribution in [0.25, 0.3) is 0 Å². The molecule has 2 atom stereocenters. The monoisotopic (exact) mass is 406 g/mol. The molecule has 3 rings (SSSR count). The van der Waals surface area contributed by atoms with Crippen molar-refractivity contribution >= 4 is 24.2 Å². The van der Waals surface area contributed by atoms with Gasteiger partial charge in [0, 0.05) is 18.8 Å². The molecule has 0 heterocycles. The van der Waals surface area contributed by atoms with E-state index < -0.39 is 17.4 Å². The van der Waals surface area contributed by atoms with E-state index in [-0.39, 0.29) is 30.3 Å². The van der Waals surface area contributed by atoms with Crippen molar-refractivity contribution in [1.29, 1.82) is 0 Å². The van der Waals surface area contributed by atoms with Gasteiger partial charge in [0.25, 0.3) is 0 Å². The third-order valence-electron chi connectivity index (χ3n) is 6.15. The number of rotatable bonds is 7. The molecular weight excluding hydrogens is 376 g/mol. The Morgan fingerprint density at radius 2 is 1.87 bits per heavy atom. The van der Waals surface area contributed by atoms with E-state index in [9.17, 15) is 14.4 Å². The molecule has 2 fully saturated rings. The van der Waals surface area contributed by atoms with Crippen molar-refractivity contribution in [2.75, 3.05) is 0 Å². The Balaban J connectivity index is 1.73. The Morgan fingerprint density at radius 3 is 2.40 bits per heavy atom. The van der Waals surface area contributed by atoms with Gasteiger partial charge in [0.1, 0.15) is 11.7 Å². The number of hydrogen-bond donors (Lipinski definition) is 1. The van der Waals surface area contributed by atoms with Crippen molar-refractivity contribution in [2.24, 2.45) is 10.9 Å². The van der Waals surface area contributed by atoms with Crippen LogP contribution in [-0.4, -0.2) is 29.7 Å². The van der Waals surface area contributed by atoms with Gasteiger partial charge in [0.05, 0.1) is 11.2 Å². The van der Waals surface area contributed by atoms with E-state index in [1.807, 2.05) is 58.1 Å². The number of aliphatic imine (C=N–C) groups is 1. The van der Waals surface area contributed by atoms with Gasteiger partial charge in [-0.25, -0.2) is 0 Å². The molecule has 0 saturated heterocycles. The minimum absolute atomic E-state index is 0.0286. The molecule has 158 valence electrons. The number of allylic oxidation sites excluding steroid dienone is 3. The molecule has 2 aliphatic carbocycles. The van der Waals surface area contributed by atoms with E-state index in [0.717, 1.165) is 40.8 Å². The average Bonchev–Trinajstić information content (AvgIpc) is 3.38. The summed E-state index contributed by atoms with van der Waals surface area (Å²) in [5.74, 6) is -1.76. The van der Waals surface area contributed by atoms with Crippen molar-refractivity contribution in [3.05, 3.63) is 58.3 Å². The van der Waals surface area contributed by atoms with Gasteiger partial charge in [0.2, 0.25) is 5.91 Å². The van der Waals surface area contributed by atoms with Crippen LogP contribution in [0.2, 0.25) is 0 Å². The first-order valence-corrected chi connectivity index (χ1v) is 10.5. The second-order valence-corrected chi connectivity index (χ2v) is 8.59. The fraction of sp³-hybridized carbons (Fsp3) is 0.440. The Labute approximate surface area is 178 Å². The molecule has 1 amide bonds. The maximum absolute atomic E-state index is 13.1. The molecule has 0 spiro atoms. The SMILES string of the molecule is C=N/C(=C\C=C/C)C1(NC(=O)CC2CC(=O)C(c3c(C)cc(C)cc3C)C2=O)CC1. The molecule has 0 aromatic heterocycles. The summed E-state index contributed by atoms with van der Waals surface area (Å²) >= 11 is 0. The van der Waals surface area contributed by atoms with Crippen molar-refractivity contribution in [3.8, 4) is 0 Å². The van der Waals surface area contributed by atoms with Gasteiger partial charge in [-0.3, -0.25) is 19.4 Å².